The Bertz CT molecular complexity index is 1290. The van der Waals surface area contributed by atoms with Crippen LogP contribution in [0.5, 0.6) is 11.5 Å². The van der Waals surface area contributed by atoms with Gasteiger partial charge < -0.3 is 14.6 Å². The van der Waals surface area contributed by atoms with Gasteiger partial charge in [-0.1, -0.05) is 31.2 Å². The minimum absolute atomic E-state index is 0.0337. The number of Topliss-reactive ketones (excluding diaryl/α,β-unsaturated/α-hetero) is 1. The lowest BCUT2D eigenvalue weighted by molar-refractivity contribution is -0.132. The molecule has 1 amide bonds. The van der Waals surface area contributed by atoms with Gasteiger partial charge in [-0.2, -0.15) is 0 Å². The number of rotatable bonds is 7. The molecule has 3 aromatic carbocycles. The largest absolute Gasteiger partial charge is 0.507 e. The number of hydrogen-bond donors (Lipinski definition) is 1. The number of anilines is 1. The van der Waals surface area contributed by atoms with Crippen molar-refractivity contribution >= 4 is 23.1 Å². The quantitative estimate of drug-likeness (QED) is 0.276. The van der Waals surface area contributed by atoms with Gasteiger partial charge in [0.2, 0.25) is 0 Å². The van der Waals surface area contributed by atoms with Crippen molar-refractivity contribution in [2.24, 2.45) is 0 Å². The highest BCUT2D eigenvalue weighted by molar-refractivity contribution is 6.51. The molecule has 0 radical (unpaired) electrons. The molecular formula is C29H29NO5. The summed E-state index contributed by atoms with van der Waals surface area (Å²) in [4.78, 5) is 28.1. The van der Waals surface area contributed by atoms with Gasteiger partial charge in [-0.3, -0.25) is 14.5 Å². The first-order valence-corrected chi connectivity index (χ1v) is 11.7. The van der Waals surface area contributed by atoms with Crippen LogP contribution in [0.25, 0.3) is 5.76 Å². The topological polar surface area (TPSA) is 76.1 Å². The normalized spacial score (nSPS) is 17.0. The SMILES string of the molecule is CCOc1ccc(/C(O)=C2/C(=O)C(=O)N(c3ccc(CC)cc3)C2c2cccc(OC)c2)cc1C. The van der Waals surface area contributed by atoms with Crippen LogP contribution in [-0.2, 0) is 16.0 Å². The molecule has 1 fully saturated rings. The second kappa shape index (κ2) is 10.1. The van der Waals surface area contributed by atoms with Crippen LogP contribution in [0.2, 0.25) is 0 Å². The summed E-state index contributed by atoms with van der Waals surface area (Å²) in [5, 5.41) is 11.4. The minimum atomic E-state index is -0.815. The average molecular weight is 472 g/mol. The van der Waals surface area contributed by atoms with E-state index in [0.29, 0.717) is 34.9 Å². The number of aliphatic hydroxyl groups is 1. The van der Waals surface area contributed by atoms with Crippen molar-refractivity contribution in [2.45, 2.75) is 33.2 Å². The lowest BCUT2D eigenvalue weighted by Crippen LogP contribution is -2.29. The van der Waals surface area contributed by atoms with Crippen LogP contribution in [0, 0.1) is 6.92 Å². The third-order valence-corrected chi connectivity index (χ3v) is 6.22. The Morgan fingerprint density at radius 1 is 1.00 bits per heavy atom. The Kier molecular flexibility index (Phi) is 6.92. The molecule has 0 bridgehead atoms. The van der Waals surface area contributed by atoms with E-state index in [2.05, 4.69) is 6.92 Å². The molecule has 1 N–H and O–H groups in total. The molecule has 0 aliphatic carbocycles. The zero-order chi connectivity index (χ0) is 25.1. The van der Waals surface area contributed by atoms with Gasteiger partial charge in [-0.15, -0.1) is 0 Å². The highest BCUT2D eigenvalue weighted by atomic mass is 16.5. The van der Waals surface area contributed by atoms with Crippen LogP contribution >= 0.6 is 0 Å². The summed E-state index contributed by atoms with van der Waals surface area (Å²) >= 11 is 0. The lowest BCUT2D eigenvalue weighted by Gasteiger charge is -2.26. The van der Waals surface area contributed by atoms with Crippen molar-refractivity contribution in [3.05, 3.63) is 94.6 Å². The molecule has 35 heavy (non-hydrogen) atoms. The Morgan fingerprint density at radius 3 is 2.37 bits per heavy atom. The summed E-state index contributed by atoms with van der Waals surface area (Å²) in [5.41, 5.74) is 3.65. The highest BCUT2D eigenvalue weighted by Gasteiger charge is 2.47. The number of amides is 1. The standard InChI is InChI=1S/C29H29NO5/c1-5-19-10-13-22(14-11-19)30-26(20-8-7-9-23(17-20)34-4)25(28(32)29(30)33)27(31)21-12-15-24(35-6-2)18(3)16-21/h7-17,26,31H,5-6H2,1-4H3/b27-25-. The fraction of sp³-hybridized carbons (Fsp3) is 0.241. The third-order valence-electron chi connectivity index (χ3n) is 6.22. The van der Waals surface area contributed by atoms with E-state index >= 15 is 0 Å². The van der Waals surface area contributed by atoms with Gasteiger partial charge in [0.1, 0.15) is 17.3 Å². The number of nitrogens with zero attached hydrogens (tertiary/aromatic N) is 1. The van der Waals surface area contributed by atoms with E-state index in [-0.39, 0.29) is 11.3 Å². The first kappa shape index (κ1) is 24.1. The molecule has 6 heteroatoms. The lowest BCUT2D eigenvalue weighted by atomic mass is 9.94. The zero-order valence-electron chi connectivity index (χ0n) is 20.4. The number of carbonyl (C=O) groups excluding carboxylic acids is 2. The van der Waals surface area contributed by atoms with Crippen molar-refractivity contribution in [2.75, 3.05) is 18.6 Å². The predicted molar refractivity (Wildman–Crippen MR) is 136 cm³/mol. The number of hydrogen-bond acceptors (Lipinski definition) is 5. The molecule has 0 saturated carbocycles. The van der Waals surface area contributed by atoms with Crippen LogP contribution < -0.4 is 14.4 Å². The molecular weight excluding hydrogens is 442 g/mol. The van der Waals surface area contributed by atoms with E-state index < -0.39 is 17.7 Å². The van der Waals surface area contributed by atoms with Crippen molar-refractivity contribution < 1.29 is 24.2 Å². The van der Waals surface area contributed by atoms with Crippen LogP contribution in [-0.4, -0.2) is 30.5 Å². The van der Waals surface area contributed by atoms with E-state index in [1.165, 1.54) is 4.90 Å². The fourth-order valence-corrected chi connectivity index (χ4v) is 4.39. The molecule has 1 saturated heterocycles. The smallest absolute Gasteiger partial charge is 0.300 e. The Balaban J connectivity index is 1.91. The van der Waals surface area contributed by atoms with Crippen molar-refractivity contribution in [3.63, 3.8) is 0 Å². The first-order chi connectivity index (χ1) is 16.9. The van der Waals surface area contributed by atoms with Gasteiger partial charge >= 0.3 is 0 Å². The molecule has 0 aromatic heterocycles. The highest BCUT2D eigenvalue weighted by Crippen LogP contribution is 2.43. The predicted octanol–water partition coefficient (Wildman–Crippen LogP) is 5.59. The number of aryl methyl sites for hydroxylation is 2. The average Bonchev–Trinajstić information content (AvgIpc) is 3.15. The Morgan fingerprint density at radius 2 is 1.74 bits per heavy atom. The molecule has 1 unspecified atom stereocenters. The summed E-state index contributed by atoms with van der Waals surface area (Å²) in [6.07, 6.45) is 0.857. The van der Waals surface area contributed by atoms with Crippen LogP contribution in [0.15, 0.2) is 72.3 Å². The fourth-order valence-electron chi connectivity index (χ4n) is 4.39. The number of ether oxygens (including phenoxy) is 2. The van der Waals surface area contributed by atoms with Crippen molar-refractivity contribution in [1.29, 1.82) is 0 Å². The minimum Gasteiger partial charge on any atom is -0.507 e. The van der Waals surface area contributed by atoms with Crippen LogP contribution in [0.4, 0.5) is 5.69 Å². The summed E-state index contributed by atoms with van der Waals surface area (Å²) < 4.78 is 11.0. The molecule has 1 atom stereocenters. The van der Waals surface area contributed by atoms with Gasteiger partial charge in [-0.25, -0.2) is 0 Å². The summed E-state index contributed by atoms with van der Waals surface area (Å²) in [7, 11) is 1.56. The maximum absolute atomic E-state index is 13.4. The van der Waals surface area contributed by atoms with Gasteiger partial charge in [0.25, 0.3) is 11.7 Å². The monoisotopic (exact) mass is 471 g/mol. The molecule has 0 spiro atoms. The van der Waals surface area contributed by atoms with Gasteiger partial charge in [0.15, 0.2) is 0 Å². The summed E-state index contributed by atoms with van der Waals surface area (Å²) in [5.74, 6) is -0.362. The van der Waals surface area contributed by atoms with Gasteiger partial charge in [-0.05, 0) is 79.4 Å². The molecule has 1 heterocycles. The number of aliphatic hydroxyl groups excluding tert-OH is 1. The molecule has 3 aromatic rings. The second-order valence-corrected chi connectivity index (χ2v) is 8.38. The van der Waals surface area contributed by atoms with Gasteiger partial charge in [0, 0.05) is 11.3 Å². The summed E-state index contributed by atoms with van der Waals surface area (Å²) in [6.45, 7) is 6.34. The van der Waals surface area contributed by atoms with E-state index in [4.69, 9.17) is 9.47 Å². The van der Waals surface area contributed by atoms with E-state index in [9.17, 15) is 14.7 Å². The summed E-state index contributed by atoms with van der Waals surface area (Å²) in [6, 6.07) is 19.1. The molecule has 180 valence electrons. The Labute approximate surface area is 205 Å². The second-order valence-electron chi connectivity index (χ2n) is 8.38. The molecule has 1 aliphatic rings. The van der Waals surface area contributed by atoms with Crippen molar-refractivity contribution in [3.8, 4) is 11.5 Å². The zero-order valence-corrected chi connectivity index (χ0v) is 20.4. The van der Waals surface area contributed by atoms with Crippen molar-refractivity contribution in [1.82, 2.24) is 0 Å². The number of ketones is 1. The van der Waals surface area contributed by atoms with E-state index in [0.717, 1.165) is 17.5 Å². The number of benzene rings is 3. The molecule has 4 rings (SSSR count). The Hall–Kier alpha value is -4.06. The molecule has 6 nitrogen and oxygen atoms in total. The number of methoxy groups -OCH3 is 1. The number of carbonyl (C=O) groups is 2. The van der Waals surface area contributed by atoms with Crippen LogP contribution in [0.1, 0.15) is 42.1 Å². The first-order valence-electron chi connectivity index (χ1n) is 11.7. The van der Waals surface area contributed by atoms with E-state index in [1.807, 2.05) is 44.2 Å². The van der Waals surface area contributed by atoms with Gasteiger partial charge in [0.05, 0.1) is 25.3 Å². The van der Waals surface area contributed by atoms with Crippen LogP contribution in [0.3, 0.4) is 0 Å². The third kappa shape index (κ3) is 4.52. The molecule has 1 aliphatic heterocycles. The maximum atomic E-state index is 13.4. The maximum Gasteiger partial charge on any atom is 0.300 e. The van der Waals surface area contributed by atoms with E-state index in [1.54, 1.807) is 43.5 Å².